The molecule has 0 saturated heterocycles. The van der Waals surface area contributed by atoms with Crippen LogP contribution in [0.5, 0.6) is 0 Å². The highest BCUT2D eigenvalue weighted by Gasteiger charge is 2.22. The Morgan fingerprint density at radius 2 is 1.93 bits per heavy atom. The Hall–Kier alpha value is -1.10. The average molecular weight is 202 g/mol. The van der Waals surface area contributed by atoms with E-state index in [0.29, 0.717) is 6.54 Å². The highest BCUT2D eigenvalue weighted by molar-refractivity contribution is 5.82. The van der Waals surface area contributed by atoms with Crippen LogP contribution in [0.4, 0.5) is 0 Å². The van der Waals surface area contributed by atoms with Crippen molar-refractivity contribution in [1.29, 1.82) is 0 Å². The summed E-state index contributed by atoms with van der Waals surface area (Å²) in [6, 6.07) is -0.887. The molecule has 0 aliphatic heterocycles. The van der Waals surface area contributed by atoms with Gasteiger partial charge in [0.05, 0.1) is 12.5 Å². The van der Waals surface area contributed by atoms with E-state index in [1.165, 1.54) is 4.90 Å². The summed E-state index contributed by atoms with van der Waals surface area (Å²) in [4.78, 5) is 23.4. The minimum absolute atomic E-state index is 0.0493. The minimum Gasteiger partial charge on any atom is -0.481 e. The van der Waals surface area contributed by atoms with Crippen LogP contribution < -0.4 is 5.73 Å². The number of nitrogens with zero attached hydrogens (tertiary/aromatic N) is 1. The van der Waals surface area contributed by atoms with Crippen molar-refractivity contribution in [3.8, 4) is 0 Å². The summed E-state index contributed by atoms with van der Waals surface area (Å²) < 4.78 is 0. The number of hydrogen-bond donors (Lipinski definition) is 2. The lowest BCUT2D eigenvalue weighted by Gasteiger charge is -2.28. The molecule has 0 rings (SSSR count). The van der Waals surface area contributed by atoms with E-state index in [1.54, 1.807) is 20.8 Å². The Morgan fingerprint density at radius 3 is 2.21 bits per heavy atom. The zero-order chi connectivity index (χ0) is 11.3. The average Bonchev–Trinajstić information content (AvgIpc) is 2.03. The van der Waals surface area contributed by atoms with E-state index in [4.69, 9.17) is 10.8 Å². The number of carboxylic acids is 1. The van der Waals surface area contributed by atoms with E-state index in [1.807, 2.05) is 0 Å². The van der Waals surface area contributed by atoms with Gasteiger partial charge < -0.3 is 15.7 Å². The van der Waals surface area contributed by atoms with Gasteiger partial charge in [-0.05, 0) is 20.8 Å². The van der Waals surface area contributed by atoms with Crippen molar-refractivity contribution in [2.45, 2.75) is 39.3 Å². The van der Waals surface area contributed by atoms with Crippen LogP contribution in [-0.4, -0.2) is 40.5 Å². The molecule has 5 nitrogen and oxygen atoms in total. The number of hydrogen-bond acceptors (Lipinski definition) is 3. The van der Waals surface area contributed by atoms with Gasteiger partial charge in [-0.15, -0.1) is 0 Å². The standard InChI is InChI=1S/C9H18N2O3/c1-4-11(9(14)7(3)10)6(2)5-8(12)13/h6-7H,4-5,10H2,1-3H3,(H,12,13)/t6?,7-/m1/s1. The van der Waals surface area contributed by atoms with Crippen LogP contribution in [0.1, 0.15) is 27.2 Å². The quantitative estimate of drug-likeness (QED) is 0.659. The number of carbonyl (C=O) groups is 2. The van der Waals surface area contributed by atoms with Gasteiger partial charge in [-0.3, -0.25) is 9.59 Å². The number of amides is 1. The zero-order valence-electron chi connectivity index (χ0n) is 8.86. The number of nitrogens with two attached hydrogens (primary N) is 1. The third-order valence-corrected chi connectivity index (χ3v) is 2.02. The normalized spacial score (nSPS) is 14.6. The first-order valence-corrected chi connectivity index (χ1v) is 4.68. The second-order valence-electron chi connectivity index (χ2n) is 3.36. The Kier molecular flexibility index (Phi) is 5.15. The van der Waals surface area contributed by atoms with Gasteiger partial charge in [0.25, 0.3) is 0 Å². The summed E-state index contributed by atoms with van der Waals surface area (Å²) in [5.41, 5.74) is 5.44. The van der Waals surface area contributed by atoms with E-state index in [2.05, 4.69) is 0 Å². The van der Waals surface area contributed by atoms with Gasteiger partial charge in [-0.25, -0.2) is 0 Å². The molecular weight excluding hydrogens is 184 g/mol. The van der Waals surface area contributed by atoms with Crippen LogP contribution in [0.15, 0.2) is 0 Å². The van der Waals surface area contributed by atoms with Gasteiger partial charge in [0.15, 0.2) is 0 Å². The van der Waals surface area contributed by atoms with Crippen molar-refractivity contribution in [2.24, 2.45) is 5.73 Å². The number of rotatable bonds is 5. The molecule has 1 amide bonds. The van der Waals surface area contributed by atoms with Crippen LogP contribution in [0, 0.1) is 0 Å². The summed E-state index contributed by atoms with van der Waals surface area (Å²) in [7, 11) is 0. The maximum atomic E-state index is 11.5. The summed E-state index contributed by atoms with van der Waals surface area (Å²) >= 11 is 0. The topological polar surface area (TPSA) is 83.6 Å². The van der Waals surface area contributed by atoms with E-state index in [0.717, 1.165) is 0 Å². The molecular formula is C9H18N2O3. The molecule has 0 aliphatic rings. The van der Waals surface area contributed by atoms with Crippen LogP contribution in [-0.2, 0) is 9.59 Å². The third kappa shape index (κ3) is 3.74. The number of carbonyl (C=O) groups excluding carboxylic acids is 1. The molecule has 0 radical (unpaired) electrons. The molecule has 0 aromatic heterocycles. The predicted molar refractivity (Wildman–Crippen MR) is 52.8 cm³/mol. The fourth-order valence-electron chi connectivity index (χ4n) is 1.31. The summed E-state index contributed by atoms with van der Waals surface area (Å²) in [6.07, 6.45) is -0.0493. The molecule has 2 atom stereocenters. The summed E-state index contributed by atoms with van der Waals surface area (Å²) in [6.45, 7) is 5.59. The number of aliphatic carboxylic acids is 1. The van der Waals surface area contributed by atoms with Gasteiger partial charge in [-0.2, -0.15) is 0 Å². The smallest absolute Gasteiger partial charge is 0.305 e. The van der Waals surface area contributed by atoms with E-state index in [-0.39, 0.29) is 18.4 Å². The molecule has 0 heterocycles. The van der Waals surface area contributed by atoms with Crippen molar-refractivity contribution in [2.75, 3.05) is 6.54 Å². The molecule has 0 fully saturated rings. The van der Waals surface area contributed by atoms with Crippen LogP contribution in [0.25, 0.3) is 0 Å². The molecule has 82 valence electrons. The van der Waals surface area contributed by atoms with Crippen LogP contribution in [0.3, 0.4) is 0 Å². The Labute approximate surface area is 83.9 Å². The monoisotopic (exact) mass is 202 g/mol. The first-order valence-electron chi connectivity index (χ1n) is 4.68. The molecule has 0 aliphatic carbocycles. The molecule has 14 heavy (non-hydrogen) atoms. The van der Waals surface area contributed by atoms with Crippen LogP contribution >= 0.6 is 0 Å². The Balaban J connectivity index is 4.39. The highest BCUT2D eigenvalue weighted by atomic mass is 16.4. The van der Waals surface area contributed by atoms with Gasteiger partial charge in [0.1, 0.15) is 0 Å². The maximum Gasteiger partial charge on any atom is 0.305 e. The van der Waals surface area contributed by atoms with Gasteiger partial charge in [0, 0.05) is 12.6 Å². The minimum atomic E-state index is -0.909. The Bertz CT molecular complexity index is 216. The van der Waals surface area contributed by atoms with Gasteiger partial charge in [0.2, 0.25) is 5.91 Å². The predicted octanol–water partition coefficient (Wildman–Crippen LogP) is 0.0453. The number of likely N-dealkylation sites (N-methyl/N-ethyl adjacent to an activating group) is 1. The van der Waals surface area contributed by atoms with Crippen molar-refractivity contribution in [3.63, 3.8) is 0 Å². The molecule has 0 bridgehead atoms. The second kappa shape index (κ2) is 5.59. The van der Waals surface area contributed by atoms with Crippen molar-refractivity contribution >= 4 is 11.9 Å². The van der Waals surface area contributed by atoms with Gasteiger partial charge >= 0.3 is 5.97 Å². The SMILES string of the molecule is CCN(C(=O)[C@@H](C)N)C(C)CC(=O)O. The van der Waals surface area contributed by atoms with E-state index in [9.17, 15) is 9.59 Å². The molecule has 1 unspecified atom stereocenters. The largest absolute Gasteiger partial charge is 0.481 e. The zero-order valence-corrected chi connectivity index (χ0v) is 8.86. The Morgan fingerprint density at radius 1 is 1.43 bits per heavy atom. The molecule has 0 aromatic carbocycles. The first-order chi connectivity index (χ1) is 6.40. The highest BCUT2D eigenvalue weighted by Crippen LogP contribution is 2.05. The summed E-state index contributed by atoms with van der Waals surface area (Å²) in [5, 5.41) is 8.58. The lowest BCUT2D eigenvalue weighted by molar-refractivity contribution is -0.140. The molecule has 0 aromatic rings. The maximum absolute atomic E-state index is 11.5. The fraction of sp³-hybridized carbons (Fsp3) is 0.778. The number of carboxylic acid groups (broad SMARTS) is 1. The second-order valence-corrected chi connectivity index (χ2v) is 3.36. The van der Waals surface area contributed by atoms with Crippen molar-refractivity contribution in [1.82, 2.24) is 4.90 Å². The molecule has 3 N–H and O–H groups in total. The van der Waals surface area contributed by atoms with E-state index >= 15 is 0 Å². The third-order valence-electron chi connectivity index (χ3n) is 2.02. The van der Waals surface area contributed by atoms with Crippen molar-refractivity contribution in [3.05, 3.63) is 0 Å². The van der Waals surface area contributed by atoms with Gasteiger partial charge in [-0.1, -0.05) is 0 Å². The summed E-state index contributed by atoms with van der Waals surface area (Å²) in [5.74, 6) is -1.12. The van der Waals surface area contributed by atoms with E-state index < -0.39 is 12.0 Å². The lowest BCUT2D eigenvalue weighted by atomic mass is 10.1. The molecule has 0 spiro atoms. The molecule has 0 saturated carbocycles. The molecule has 5 heteroatoms. The fourth-order valence-corrected chi connectivity index (χ4v) is 1.31. The van der Waals surface area contributed by atoms with Crippen molar-refractivity contribution < 1.29 is 14.7 Å². The van der Waals surface area contributed by atoms with Crippen LogP contribution in [0.2, 0.25) is 0 Å². The lowest BCUT2D eigenvalue weighted by Crippen LogP contribution is -2.47. The first kappa shape index (κ1) is 12.9.